The molecule has 2 rings (SSSR count). The van der Waals surface area contributed by atoms with Gasteiger partial charge in [0.05, 0.1) is 6.10 Å². The molecule has 116 valence electrons. The van der Waals surface area contributed by atoms with Crippen molar-refractivity contribution in [1.29, 1.82) is 0 Å². The number of nitrogens with two attached hydrogens (primary N) is 1. The third kappa shape index (κ3) is 4.38. The summed E-state index contributed by atoms with van der Waals surface area (Å²) in [6.07, 6.45) is 1.18. The number of benzene rings is 1. The molecule has 1 saturated heterocycles. The van der Waals surface area contributed by atoms with Gasteiger partial charge in [-0.3, -0.25) is 4.79 Å². The van der Waals surface area contributed by atoms with Gasteiger partial charge in [0, 0.05) is 18.7 Å². The van der Waals surface area contributed by atoms with Crippen molar-refractivity contribution in [3.8, 4) is 5.75 Å². The molecular weight excluding hydrogens is 303 g/mol. The van der Waals surface area contributed by atoms with E-state index in [-0.39, 0.29) is 23.3 Å². The van der Waals surface area contributed by atoms with Gasteiger partial charge in [0.2, 0.25) is 0 Å². The molecule has 1 fully saturated rings. The predicted molar refractivity (Wildman–Crippen MR) is 71.3 cm³/mol. The van der Waals surface area contributed by atoms with Crippen LogP contribution in [0, 0.1) is 0 Å². The minimum Gasteiger partial charge on any atom is -0.358 e. The van der Waals surface area contributed by atoms with Crippen molar-refractivity contribution in [2.75, 3.05) is 13.1 Å². The van der Waals surface area contributed by atoms with Crippen LogP contribution in [0.2, 0.25) is 0 Å². The number of rotatable bonds is 4. The zero-order valence-corrected chi connectivity index (χ0v) is 11.9. The molecule has 0 unspecified atom stereocenters. The van der Waals surface area contributed by atoms with Crippen LogP contribution in [-0.2, 0) is 15.3 Å². The fraction of sp³-hybridized carbons (Fsp3) is 0.417. The number of likely N-dealkylation sites (tertiary alicyclic amines) is 1. The molecule has 1 aromatic carbocycles. The monoisotopic (exact) mass is 318 g/mol. The Labute approximate surface area is 121 Å². The Kier molecular flexibility index (Phi) is 4.76. The number of hydrogen-bond donors (Lipinski definition) is 1. The van der Waals surface area contributed by atoms with Gasteiger partial charge in [-0.05, 0) is 31.0 Å². The predicted octanol–water partition coefficient (Wildman–Crippen LogP) is 0.775. The van der Waals surface area contributed by atoms with Crippen molar-refractivity contribution in [3.05, 3.63) is 29.8 Å². The van der Waals surface area contributed by atoms with Crippen LogP contribution in [0.4, 0.5) is 3.89 Å². The highest BCUT2D eigenvalue weighted by atomic mass is 32.3. The summed E-state index contributed by atoms with van der Waals surface area (Å²) in [5, 5.41) is 0. The summed E-state index contributed by atoms with van der Waals surface area (Å²) in [6.45, 7) is 0.959. The third-order valence-corrected chi connectivity index (χ3v) is 3.59. The molecular formula is C12H15FN2O5S. The van der Waals surface area contributed by atoms with Crippen LogP contribution in [0.3, 0.4) is 0 Å². The van der Waals surface area contributed by atoms with E-state index in [2.05, 4.69) is 4.18 Å². The minimum atomic E-state index is -5.11. The van der Waals surface area contributed by atoms with Crippen LogP contribution < -0.4 is 10.1 Å². The summed E-state index contributed by atoms with van der Waals surface area (Å²) in [5.74, 6) is 4.57. The molecule has 7 nitrogen and oxygen atoms in total. The molecule has 0 radical (unpaired) electrons. The van der Waals surface area contributed by atoms with Crippen LogP contribution in [0.25, 0.3) is 0 Å². The van der Waals surface area contributed by atoms with E-state index in [1.165, 1.54) is 24.3 Å². The maximum absolute atomic E-state index is 12.5. The first-order valence-corrected chi connectivity index (χ1v) is 7.59. The SMILES string of the molecule is NOC1CCN(C(=O)c2cccc(OS(=O)(=O)F)c2)CC1. The number of nitrogens with zero attached hydrogens (tertiary/aromatic N) is 1. The molecule has 1 amide bonds. The minimum absolute atomic E-state index is 0.0691. The van der Waals surface area contributed by atoms with Gasteiger partial charge in [-0.15, -0.1) is 0 Å². The average Bonchev–Trinajstić information content (AvgIpc) is 2.45. The van der Waals surface area contributed by atoms with Crippen molar-refractivity contribution >= 4 is 16.4 Å². The van der Waals surface area contributed by atoms with E-state index >= 15 is 0 Å². The largest absolute Gasteiger partial charge is 0.488 e. The van der Waals surface area contributed by atoms with E-state index in [9.17, 15) is 17.1 Å². The molecule has 0 aromatic heterocycles. The second-order valence-corrected chi connectivity index (χ2v) is 5.58. The quantitative estimate of drug-likeness (QED) is 0.650. The lowest BCUT2D eigenvalue weighted by molar-refractivity contribution is 0.00780. The molecule has 9 heteroatoms. The molecule has 0 atom stereocenters. The first-order valence-electron chi connectivity index (χ1n) is 6.28. The molecule has 0 spiro atoms. The average molecular weight is 318 g/mol. The Morgan fingerprint density at radius 1 is 1.33 bits per heavy atom. The van der Waals surface area contributed by atoms with Crippen molar-refractivity contribution in [2.24, 2.45) is 5.90 Å². The van der Waals surface area contributed by atoms with Gasteiger partial charge in [0.25, 0.3) is 5.91 Å². The van der Waals surface area contributed by atoms with Gasteiger partial charge in [-0.2, -0.15) is 8.42 Å². The molecule has 1 aliphatic heterocycles. The van der Waals surface area contributed by atoms with E-state index in [4.69, 9.17) is 10.7 Å². The lowest BCUT2D eigenvalue weighted by atomic mass is 10.1. The van der Waals surface area contributed by atoms with Crippen LogP contribution >= 0.6 is 0 Å². The fourth-order valence-electron chi connectivity index (χ4n) is 2.17. The van der Waals surface area contributed by atoms with Crippen LogP contribution in [0.5, 0.6) is 5.75 Å². The molecule has 1 aromatic rings. The number of carbonyl (C=O) groups excluding carboxylic acids is 1. The van der Waals surface area contributed by atoms with Gasteiger partial charge in [-0.1, -0.05) is 9.95 Å². The van der Waals surface area contributed by atoms with Gasteiger partial charge in [-0.25, -0.2) is 5.90 Å². The highest BCUT2D eigenvalue weighted by molar-refractivity contribution is 7.81. The Morgan fingerprint density at radius 2 is 2.00 bits per heavy atom. The number of halogens is 1. The highest BCUT2D eigenvalue weighted by Crippen LogP contribution is 2.19. The van der Waals surface area contributed by atoms with Crippen LogP contribution in [0.1, 0.15) is 23.2 Å². The molecule has 0 saturated carbocycles. The lowest BCUT2D eigenvalue weighted by Crippen LogP contribution is -2.41. The summed E-state index contributed by atoms with van der Waals surface area (Å²) < 4.78 is 37.5. The normalized spacial score (nSPS) is 16.8. The zero-order valence-electron chi connectivity index (χ0n) is 11.1. The molecule has 1 heterocycles. The molecule has 21 heavy (non-hydrogen) atoms. The Balaban J connectivity index is 2.08. The molecule has 0 bridgehead atoms. The topological polar surface area (TPSA) is 98.9 Å². The second kappa shape index (κ2) is 6.37. The van der Waals surface area contributed by atoms with Gasteiger partial charge >= 0.3 is 10.5 Å². The third-order valence-electron chi connectivity index (χ3n) is 3.20. The van der Waals surface area contributed by atoms with E-state index in [0.29, 0.717) is 25.9 Å². The van der Waals surface area contributed by atoms with Crippen molar-refractivity contribution in [3.63, 3.8) is 0 Å². The van der Waals surface area contributed by atoms with E-state index in [1.54, 1.807) is 4.90 Å². The smallest absolute Gasteiger partial charge is 0.358 e. The second-order valence-electron chi connectivity index (χ2n) is 4.63. The van der Waals surface area contributed by atoms with Crippen LogP contribution in [-0.4, -0.2) is 38.4 Å². The molecule has 2 N–H and O–H groups in total. The summed E-state index contributed by atoms with van der Waals surface area (Å²) in [6, 6.07) is 5.36. The van der Waals surface area contributed by atoms with Gasteiger partial charge in [0.1, 0.15) is 5.75 Å². The maximum Gasteiger partial charge on any atom is 0.488 e. The van der Waals surface area contributed by atoms with E-state index in [1.807, 2.05) is 0 Å². The Hall–Kier alpha value is -1.71. The summed E-state index contributed by atoms with van der Waals surface area (Å²) in [7, 11) is -5.11. The van der Waals surface area contributed by atoms with Crippen molar-refractivity contribution in [2.45, 2.75) is 18.9 Å². The number of hydrogen-bond acceptors (Lipinski definition) is 6. The molecule has 0 aliphatic carbocycles. The first kappa shape index (κ1) is 15.7. The highest BCUT2D eigenvalue weighted by Gasteiger charge is 2.24. The lowest BCUT2D eigenvalue weighted by Gasteiger charge is -2.30. The van der Waals surface area contributed by atoms with E-state index < -0.39 is 10.5 Å². The summed E-state index contributed by atoms with van der Waals surface area (Å²) in [5.41, 5.74) is 0.225. The first-order chi connectivity index (χ1) is 9.89. The zero-order chi connectivity index (χ0) is 15.5. The Bertz CT molecular complexity index is 614. The van der Waals surface area contributed by atoms with Gasteiger partial charge in [0.15, 0.2) is 0 Å². The summed E-state index contributed by atoms with van der Waals surface area (Å²) >= 11 is 0. The molecule has 1 aliphatic rings. The standard InChI is InChI=1S/C12H15FN2O5S/c13-21(17,18)20-11-3-1-2-9(8-11)12(16)15-6-4-10(19-14)5-7-15/h1-3,8,10H,4-7,14H2. The van der Waals surface area contributed by atoms with Crippen LogP contribution in [0.15, 0.2) is 24.3 Å². The number of piperidine rings is 1. The van der Waals surface area contributed by atoms with Crippen molar-refractivity contribution in [1.82, 2.24) is 4.90 Å². The maximum atomic E-state index is 12.5. The fourth-order valence-corrected chi connectivity index (χ4v) is 2.51. The van der Waals surface area contributed by atoms with Crippen molar-refractivity contribution < 1.29 is 26.1 Å². The Morgan fingerprint density at radius 3 is 2.57 bits per heavy atom. The number of amides is 1. The number of carbonyl (C=O) groups is 1. The van der Waals surface area contributed by atoms with E-state index in [0.717, 1.165) is 0 Å². The summed E-state index contributed by atoms with van der Waals surface area (Å²) in [4.78, 5) is 18.6. The van der Waals surface area contributed by atoms with Gasteiger partial charge < -0.3 is 13.9 Å².